The van der Waals surface area contributed by atoms with Crippen molar-refractivity contribution in [3.05, 3.63) is 53.5 Å². The second-order valence-electron chi connectivity index (χ2n) is 8.53. The number of rotatable bonds is 10. The topological polar surface area (TPSA) is 78.4 Å². The zero-order chi connectivity index (χ0) is 23.8. The van der Waals surface area contributed by atoms with Crippen LogP contribution in [0.4, 0.5) is 10.2 Å². The van der Waals surface area contributed by atoms with Gasteiger partial charge in [0, 0.05) is 39.2 Å². The fourth-order valence-electron chi connectivity index (χ4n) is 4.14. The first-order valence-electron chi connectivity index (χ1n) is 11.7. The van der Waals surface area contributed by atoms with E-state index in [2.05, 4.69) is 21.7 Å². The highest BCUT2D eigenvalue weighted by Gasteiger charge is 2.20. The molecule has 34 heavy (non-hydrogen) atoms. The molecule has 1 saturated heterocycles. The molecule has 3 heterocycles. The van der Waals surface area contributed by atoms with Gasteiger partial charge in [-0.05, 0) is 24.9 Å². The first-order chi connectivity index (χ1) is 16.6. The molecule has 8 heteroatoms. The molecule has 1 aromatic carbocycles. The Morgan fingerprint density at radius 1 is 1.24 bits per heavy atom. The number of likely N-dealkylation sites (tertiary alicyclic amines) is 1. The summed E-state index contributed by atoms with van der Waals surface area (Å²) in [6.07, 6.45) is 4.12. The first-order valence-corrected chi connectivity index (χ1v) is 11.7. The van der Waals surface area contributed by atoms with Crippen LogP contribution in [-0.4, -0.2) is 59.0 Å². The maximum atomic E-state index is 13.3. The van der Waals surface area contributed by atoms with Crippen molar-refractivity contribution in [3.63, 3.8) is 0 Å². The number of nitrogens with zero attached hydrogens (tertiary/aromatic N) is 4. The number of unbranched alkanes of at least 4 members (excludes halogenated alkanes) is 1. The average molecular weight is 466 g/mol. The van der Waals surface area contributed by atoms with Crippen LogP contribution in [-0.2, 0) is 29.2 Å². The van der Waals surface area contributed by atoms with Gasteiger partial charge in [-0.3, -0.25) is 0 Å². The molecule has 4 rings (SSSR count). The summed E-state index contributed by atoms with van der Waals surface area (Å²) < 4.78 is 26.4. The number of hydrogen-bond acceptors (Lipinski definition) is 6. The largest absolute Gasteiger partial charge is 0.384 e. The van der Waals surface area contributed by atoms with Gasteiger partial charge in [0.25, 0.3) is 0 Å². The molecule has 2 aromatic heterocycles. The Kier molecular flexibility index (Phi) is 8.47. The summed E-state index contributed by atoms with van der Waals surface area (Å²) in [7, 11) is 1.65. The van der Waals surface area contributed by atoms with Gasteiger partial charge in [0.2, 0.25) is 0 Å². The van der Waals surface area contributed by atoms with E-state index in [-0.39, 0.29) is 0 Å². The molecular formula is C26H32FN5O2. The van der Waals surface area contributed by atoms with Crippen LogP contribution in [0.3, 0.4) is 0 Å². The van der Waals surface area contributed by atoms with Crippen molar-refractivity contribution in [2.75, 3.05) is 39.1 Å². The number of halogens is 1. The van der Waals surface area contributed by atoms with Gasteiger partial charge in [0.15, 0.2) is 5.82 Å². The number of hydrogen-bond donors (Lipinski definition) is 1. The van der Waals surface area contributed by atoms with Crippen molar-refractivity contribution in [1.82, 2.24) is 19.4 Å². The van der Waals surface area contributed by atoms with Crippen LogP contribution in [0.1, 0.15) is 36.2 Å². The average Bonchev–Trinajstić information content (AvgIpc) is 3.41. The van der Waals surface area contributed by atoms with E-state index in [9.17, 15) is 4.39 Å². The number of fused-ring (bicyclic) bond motifs is 1. The first kappa shape index (κ1) is 24.1. The summed E-state index contributed by atoms with van der Waals surface area (Å²) in [5.74, 6) is 7.56. The molecule has 0 radical (unpaired) electrons. The van der Waals surface area contributed by atoms with E-state index in [1.807, 2.05) is 41.1 Å². The van der Waals surface area contributed by atoms with Crippen LogP contribution in [0, 0.1) is 11.8 Å². The molecule has 2 N–H and O–H groups in total. The standard InChI is InChI=1S/C26H32FN5O2/c1-33-15-12-23-29-24-21(10-6-3-7-13-31-14-11-22(27)17-31)16-32(25(24)26(28)30-23)19-34-18-20-8-4-2-5-9-20/h2,4-5,8-9,16,22H,3,7,11-15,17-19H2,1H3,(H2,28,29,30)/t22-/m1/s1. The van der Waals surface area contributed by atoms with Gasteiger partial charge in [-0.1, -0.05) is 42.2 Å². The molecular weight excluding hydrogens is 433 g/mol. The molecule has 0 unspecified atom stereocenters. The summed E-state index contributed by atoms with van der Waals surface area (Å²) in [5, 5.41) is 0. The Balaban J connectivity index is 1.48. The molecule has 0 aliphatic carbocycles. The normalized spacial score (nSPS) is 16.1. The molecule has 0 amide bonds. The van der Waals surface area contributed by atoms with Gasteiger partial charge >= 0.3 is 0 Å². The lowest BCUT2D eigenvalue weighted by atomic mass is 10.2. The van der Waals surface area contributed by atoms with Crippen LogP contribution in [0.5, 0.6) is 0 Å². The monoisotopic (exact) mass is 465 g/mol. The predicted molar refractivity (Wildman–Crippen MR) is 131 cm³/mol. The lowest BCUT2D eigenvalue weighted by molar-refractivity contribution is 0.0668. The highest BCUT2D eigenvalue weighted by Crippen LogP contribution is 2.24. The Morgan fingerprint density at radius 3 is 2.85 bits per heavy atom. The SMILES string of the molecule is COCCc1nc(N)c2c(n1)c(C#CCCCN1CC[C@@H](F)C1)cn2COCc1ccccc1. The minimum atomic E-state index is -0.682. The number of ether oxygens (including phenoxy) is 2. The van der Waals surface area contributed by atoms with Crippen molar-refractivity contribution in [3.8, 4) is 11.8 Å². The highest BCUT2D eigenvalue weighted by molar-refractivity contribution is 5.90. The second-order valence-corrected chi connectivity index (χ2v) is 8.53. The minimum absolute atomic E-state index is 0.317. The van der Waals surface area contributed by atoms with Gasteiger partial charge in [-0.25, -0.2) is 14.4 Å². The molecule has 0 spiro atoms. The maximum Gasteiger partial charge on any atom is 0.151 e. The van der Waals surface area contributed by atoms with Crippen LogP contribution in [0.2, 0.25) is 0 Å². The number of aromatic nitrogens is 3. The third-order valence-corrected chi connectivity index (χ3v) is 5.87. The summed E-state index contributed by atoms with van der Waals surface area (Å²) in [5.41, 5.74) is 9.69. The molecule has 0 bridgehead atoms. The molecule has 1 aliphatic heterocycles. The number of methoxy groups -OCH3 is 1. The smallest absolute Gasteiger partial charge is 0.151 e. The van der Waals surface area contributed by atoms with E-state index in [0.717, 1.165) is 48.1 Å². The quantitative estimate of drug-likeness (QED) is 0.364. The fourth-order valence-corrected chi connectivity index (χ4v) is 4.14. The Bertz CT molecular complexity index is 1140. The zero-order valence-corrected chi connectivity index (χ0v) is 19.7. The van der Waals surface area contributed by atoms with Crippen LogP contribution in [0.25, 0.3) is 11.0 Å². The fraction of sp³-hybridized carbons (Fsp3) is 0.462. The Labute approximate surface area is 200 Å². The number of alkyl halides is 1. The van der Waals surface area contributed by atoms with Crippen molar-refractivity contribution >= 4 is 16.9 Å². The molecule has 3 aromatic rings. The molecule has 0 saturated carbocycles. The van der Waals surface area contributed by atoms with E-state index in [4.69, 9.17) is 20.2 Å². The number of benzene rings is 1. The molecule has 1 aliphatic rings. The number of nitrogen functional groups attached to an aromatic ring is 1. The third kappa shape index (κ3) is 6.32. The molecule has 1 fully saturated rings. The number of nitrogens with two attached hydrogens (primary N) is 1. The van der Waals surface area contributed by atoms with Gasteiger partial charge in [-0.2, -0.15) is 0 Å². The van der Waals surface area contributed by atoms with E-state index in [1.165, 1.54) is 0 Å². The van der Waals surface area contributed by atoms with Crippen LogP contribution < -0.4 is 5.73 Å². The summed E-state index contributed by atoms with van der Waals surface area (Å²) in [6.45, 7) is 3.58. The van der Waals surface area contributed by atoms with Crippen LogP contribution in [0.15, 0.2) is 36.5 Å². The lowest BCUT2D eigenvalue weighted by Gasteiger charge is -2.12. The predicted octanol–water partition coefficient (Wildman–Crippen LogP) is 3.55. The summed E-state index contributed by atoms with van der Waals surface area (Å²) in [4.78, 5) is 11.4. The van der Waals surface area contributed by atoms with Crippen molar-refractivity contribution < 1.29 is 13.9 Å². The number of anilines is 1. The van der Waals surface area contributed by atoms with E-state index < -0.39 is 6.17 Å². The summed E-state index contributed by atoms with van der Waals surface area (Å²) >= 11 is 0. The van der Waals surface area contributed by atoms with Crippen molar-refractivity contribution in [1.29, 1.82) is 0 Å². The van der Waals surface area contributed by atoms with Gasteiger partial charge in [0.05, 0.1) is 18.8 Å². The lowest BCUT2D eigenvalue weighted by Crippen LogP contribution is -2.22. The van der Waals surface area contributed by atoms with E-state index in [0.29, 0.717) is 51.0 Å². The molecule has 1 atom stereocenters. The minimum Gasteiger partial charge on any atom is -0.384 e. The van der Waals surface area contributed by atoms with Gasteiger partial charge in [-0.15, -0.1) is 0 Å². The van der Waals surface area contributed by atoms with Crippen molar-refractivity contribution in [2.24, 2.45) is 0 Å². The van der Waals surface area contributed by atoms with Gasteiger partial charge < -0.3 is 24.7 Å². The van der Waals surface area contributed by atoms with Crippen LogP contribution >= 0.6 is 0 Å². The van der Waals surface area contributed by atoms with Gasteiger partial charge in [0.1, 0.15) is 29.8 Å². The second kappa shape index (κ2) is 11.9. The highest BCUT2D eigenvalue weighted by atomic mass is 19.1. The van der Waals surface area contributed by atoms with E-state index in [1.54, 1.807) is 7.11 Å². The summed E-state index contributed by atoms with van der Waals surface area (Å²) in [6, 6.07) is 10.0. The molecule has 7 nitrogen and oxygen atoms in total. The Hall–Kier alpha value is -2.99. The van der Waals surface area contributed by atoms with E-state index >= 15 is 0 Å². The zero-order valence-electron chi connectivity index (χ0n) is 19.7. The maximum absolute atomic E-state index is 13.3. The molecule has 180 valence electrons. The third-order valence-electron chi connectivity index (χ3n) is 5.87. The Morgan fingerprint density at radius 2 is 2.09 bits per heavy atom. The van der Waals surface area contributed by atoms with Crippen molar-refractivity contribution in [2.45, 2.75) is 45.2 Å².